The highest BCUT2D eigenvalue weighted by atomic mass is 16.6. The number of amides is 1. The smallest absolute Gasteiger partial charge is 0.296 e. The summed E-state index contributed by atoms with van der Waals surface area (Å²) in [6.07, 6.45) is 23.9. The van der Waals surface area contributed by atoms with Crippen LogP contribution < -0.4 is 0 Å². The Morgan fingerprint density at radius 2 is 1.74 bits per heavy atom. The molecule has 3 N–H and O–H groups in total. The van der Waals surface area contributed by atoms with E-state index < -0.39 is 35.5 Å². The molecule has 0 spiro atoms. The molecule has 5 unspecified atom stereocenters. The summed E-state index contributed by atoms with van der Waals surface area (Å²) in [6, 6.07) is -0.524. The van der Waals surface area contributed by atoms with Crippen molar-refractivity contribution in [3.63, 3.8) is 0 Å². The van der Waals surface area contributed by atoms with Crippen LogP contribution in [0.1, 0.15) is 136 Å². The van der Waals surface area contributed by atoms with Crippen molar-refractivity contribution < 1.29 is 34.4 Å². The second-order valence-corrected chi connectivity index (χ2v) is 14.7. The van der Waals surface area contributed by atoms with Gasteiger partial charge in [0, 0.05) is 18.9 Å². The average Bonchev–Trinajstić information content (AvgIpc) is 3.88. The molecule has 0 aromatic rings. The number of allylic oxidation sites excluding steroid dienone is 5. The number of ketones is 2. The summed E-state index contributed by atoms with van der Waals surface area (Å²) >= 11 is 0. The van der Waals surface area contributed by atoms with Crippen LogP contribution in [-0.4, -0.2) is 68.3 Å². The van der Waals surface area contributed by atoms with Gasteiger partial charge in [-0.1, -0.05) is 57.8 Å². The van der Waals surface area contributed by atoms with Gasteiger partial charge in [0.1, 0.15) is 5.76 Å². The van der Waals surface area contributed by atoms with Gasteiger partial charge in [0.05, 0.1) is 18.2 Å². The van der Waals surface area contributed by atoms with Crippen molar-refractivity contribution in [1.82, 2.24) is 4.90 Å². The molecule has 0 aromatic heterocycles. The largest absolute Gasteiger partial charge is 0.510 e. The maximum atomic E-state index is 13.4. The molecule has 8 nitrogen and oxygen atoms in total. The lowest BCUT2D eigenvalue weighted by Gasteiger charge is -2.42. The number of aliphatic hydroxyl groups is 3. The summed E-state index contributed by atoms with van der Waals surface area (Å²) < 4.78 is 5.84. The van der Waals surface area contributed by atoms with E-state index in [2.05, 4.69) is 19.1 Å². The maximum absolute atomic E-state index is 13.4. The molecule has 4 rings (SSSR count). The zero-order chi connectivity index (χ0) is 33.1. The molecular weight excluding hydrogens is 582 g/mol. The number of hydrogen-bond acceptors (Lipinski definition) is 7. The SMILES string of the molecule is CC1CC[C@@H](CC(=O)/C=C/CC/C=C/CCCC[C@H](C)CC2CCCC(O)C2)OC1(O)C(=O)C(=O)N1CCCCC1C(O)=C1CC1. The monoisotopic (exact) mass is 641 g/mol. The van der Waals surface area contributed by atoms with E-state index in [0.29, 0.717) is 31.7 Å². The third-order valence-corrected chi connectivity index (χ3v) is 10.6. The molecule has 2 saturated heterocycles. The van der Waals surface area contributed by atoms with Crippen molar-refractivity contribution in [2.45, 2.75) is 160 Å². The third-order valence-electron chi connectivity index (χ3n) is 10.6. The minimum absolute atomic E-state index is 0.0435. The Morgan fingerprint density at radius 3 is 2.50 bits per heavy atom. The van der Waals surface area contributed by atoms with E-state index in [0.717, 1.165) is 69.3 Å². The van der Waals surface area contributed by atoms with Crippen LogP contribution in [0.25, 0.3) is 0 Å². The molecule has 1 amide bonds. The van der Waals surface area contributed by atoms with Gasteiger partial charge in [0.25, 0.3) is 11.7 Å². The van der Waals surface area contributed by atoms with Crippen LogP contribution in [0.2, 0.25) is 0 Å². The first-order valence-electron chi connectivity index (χ1n) is 18.3. The lowest BCUT2D eigenvalue weighted by Crippen LogP contribution is -2.60. The van der Waals surface area contributed by atoms with E-state index in [1.807, 2.05) is 6.08 Å². The Labute approximate surface area is 276 Å². The van der Waals surface area contributed by atoms with Gasteiger partial charge in [-0.05, 0) is 113 Å². The number of carbonyl (C=O) groups is 3. The van der Waals surface area contributed by atoms with E-state index in [9.17, 15) is 29.7 Å². The van der Waals surface area contributed by atoms with Crippen LogP contribution in [-0.2, 0) is 19.1 Å². The van der Waals surface area contributed by atoms with E-state index in [1.54, 1.807) is 13.0 Å². The number of likely N-dealkylation sites (tertiary alicyclic amines) is 1. The molecule has 0 aromatic carbocycles. The Hall–Kier alpha value is -2.29. The highest BCUT2D eigenvalue weighted by molar-refractivity contribution is 6.39. The molecule has 7 atom stereocenters. The molecule has 2 aliphatic carbocycles. The molecule has 46 heavy (non-hydrogen) atoms. The highest BCUT2D eigenvalue weighted by Gasteiger charge is 2.52. The van der Waals surface area contributed by atoms with E-state index in [-0.39, 0.29) is 24.1 Å². The number of nitrogens with zero attached hydrogens (tertiary/aromatic N) is 1. The van der Waals surface area contributed by atoms with Crippen molar-refractivity contribution in [3.05, 3.63) is 35.6 Å². The third kappa shape index (κ3) is 10.6. The molecule has 4 aliphatic rings. The molecule has 258 valence electrons. The Kier molecular flexibility index (Phi) is 14.1. The van der Waals surface area contributed by atoms with Crippen molar-refractivity contribution >= 4 is 17.5 Å². The fraction of sp³-hybridized carbons (Fsp3) is 0.763. The average molecular weight is 642 g/mol. The summed E-state index contributed by atoms with van der Waals surface area (Å²) in [4.78, 5) is 40.8. The predicted octanol–water partition coefficient (Wildman–Crippen LogP) is 7.04. The minimum atomic E-state index is -2.28. The van der Waals surface area contributed by atoms with Gasteiger partial charge in [-0.25, -0.2) is 0 Å². The summed E-state index contributed by atoms with van der Waals surface area (Å²) in [7, 11) is 0. The minimum Gasteiger partial charge on any atom is -0.510 e. The lowest BCUT2D eigenvalue weighted by molar-refractivity contribution is -0.262. The fourth-order valence-electron chi connectivity index (χ4n) is 7.63. The number of hydrogen-bond donors (Lipinski definition) is 3. The van der Waals surface area contributed by atoms with Crippen molar-refractivity contribution in [1.29, 1.82) is 0 Å². The maximum Gasteiger partial charge on any atom is 0.296 e. The quantitative estimate of drug-likeness (QED) is 0.0543. The number of unbranched alkanes of at least 4 members (excludes halogenated alkanes) is 3. The summed E-state index contributed by atoms with van der Waals surface area (Å²) in [6.45, 7) is 4.39. The van der Waals surface area contributed by atoms with Gasteiger partial charge >= 0.3 is 0 Å². The second-order valence-electron chi connectivity index (χ2n) is 14.7. The number of rotatable bonds is 16. The van der Waals surface area contributed by atoms with Crippen LogP contribution in [0.5, 0.6) is 0 Å². The first kappa shape index (κ1) is 36.5. The van der Waals surface area contributed by atoms with Gasteiger partial charge < -0.3 is 25.0 Å². The van der Waals surface area contributed by atoms with E-state index >= 15 is 0 Å². The number of carbonyl (C=O) groups excluding carboxylic acids is 3. The standard InChI is InChI=1S/C38H59NO7/c1-27(24-29-15-13-17-31(40)25-29)14-9-7-5-3-4-6-8-10-16-32(41)26-33-22-19-28(2)38(45,46-33)36(43)37(44)39-23-12-11-18-34(39)35(42)30-20-21-30/h3-4,10,16,27-29,31,33-34,40,42,45H,5-9,11-15,17-26H2,1-2H3/b4-3+,16-10+/t27-,28?,29?,31?,33-,34?,38?/m0/s1. The van der Waals surface area contributed by atoms with Gasteiger partial charge in [0.2, 0.25) is 5.79 Å². The van der Waals surface area contributed by atoms with Crippen LogP contribution in [0.3, 0.4) is 0 Å². The van der Waals surface area contributed by atoms with Crippen molar-refractivity contribution in [2.75, 3.05) is 6.54 Å². The van der Waals surface area contributed by atoms with Gasteiger partial charge in [0.15, 0.2) is 5.78 Å². The number of piperidine rings is 1. The Balaban J connectivity index is 1.13. The summed E-state index contributed by atoms with van der Waals surface area (Å²) in [5.41, 5.74) is 0.935. The normalized spacial score (nSPS) is 30.9. The molecule has 2 aliphatic heterocycles. The number of Topliss-reactive ketones (excluding diaryl/α,β-unsaturated/α-hetero) is 1. The van der Waals surface area contributed by atoms with Gasteiger partial charge in [-0.2, -0.15) is 0 Å². The predicted molar refractivity (Wildman–Crippen MR) is 179 cm³/mol. The molecule has 2 saturated carbocycles. The van der Waals surface area contributed by atoms with Crippen LogP contribution in [0.15, 0.2) is 35.6 Å². The number of ether oxygens (including phenoxy) is 1. The van der Waals surface area contributed by atoms with Crippen LogP contribution >= 0.6 is 0 Å². The highest BCUT2D eigenvalue weighted by Crippen LogP contribution is 2.38. The summed E-state index contributed by atoms with van der Waals surface area (Å²) in [5, 5.41) is 31.9. The second kappa shape index (κ2) is 17.7. The number of aliphatic hydroxyl groups excluding tert-OH is 2. The zero-order valence-electron chi connectivity index (χ0n) is 28.3. The van der Waals surface area contributed by atoms with Crippen molar-refractivity contribution in [3.8, 4) is 0 Å². The Morgan fingerprint density at radius 1 is 0.978 bits per heavy atom. The molecule has 0 bridgehead atoms. The van der Waals surface area contributed by atoms with E-state index in [4.69, 9.17) is 4.74 Å². The molecule has 8 heteroatoms. The lowest BCUT2D eigenvalue weighted by atomic mass is 9.81. The van der Waals surface area contributed by atoms with Crippen LogP contribution in [0, 0.1) is 17.8 Å². The van der Waals surface area contributed by atoms with E-state index in [1.165, 1.54) is 43.4 Å². The molecule has 2 heterocycles. The van der Waals surface area contributed by atoms with Gasteiger partial charge in [-0.3, -0.25) is 14.4 Å². The molecular formula is C38H59NO7. The topological polar surface area (TPSA) is 124 Å². The Bertz CT molecular complexity index is 1120. The van der Waals surface area contributed by atoms with Gasteiger partial charge in [-0.15, -0.1) is 0 Å². The molecule has 4 fully saturated rings. The first-order valence-corrected chi connectivity index (χ1v) is 18.3. The van der Waals surface area contributed by atoms with Crippen molar-refractivity contribution in [2.24, 2.45) is 17.8 Å². The molecule has 0 radical (unpaired) electrons. The fourth-order valence-corrected chi connectivity index (χ4v) is 7.63. The summed E-state index contributed by atoms with van der Waals surface area (Å²) in [5.74, 6) is -3.20. The zero-order valence-corrected chi connectivity index (χ0v) is 28.3. The first-order chi connectivity index (χ1) is 22.1. The van der Waals surface area contributed by atoms with Crippen LogP contribution in [0.4, 0.5) is 0 Å².